The molecule has 4 atom stereocenters. The second kappa shape index (κ2) is 7.44. The van der Waals surface area contributed by atoms with Crippen LogP contribution in [-0.4, -0.2) is 70.8 Å². The largest absolute Gasteiger partial charge is 0.507 e. The molecule has 0 radical (unpaired) electrons. The molecule has 2 bridgehead atoms. The van der Waals surface area contributed by atoms with Gasteiger partial charge in [0.2, 0.25) is 11.8 Å². The maximum Gasteiger partial charge on any atom is 0.245 e. The Labute approximate surface area is 195 Å². The smallest absolute Gasteiger partial charge is 0.245 e. The lowest BCUT2D eigenvalue weighted by Gasteiger charge is -2.40. The van der Waals surface area contributed by atoms with E-state index in [1.807, 2.05) is 0 Å². The normalized spacial score (nSPS) is 35.2. The highest BCUT2D eigenvalue weighted by Gasteiger charge is 2.48. The Morgan fingerprint density at radius 3 is 2.94 bits per heavy atom. The van der Waals surface area contributed by atoms with Crippen LogP contribution in [0.5, 0.6) is 5.75 Å². The number of nitrogens with zero attached hydrogens (tertiary/aromatic N) is 8. The van der Waals surface area contributed by atoms with Gasteiger partial charge in [-0.25, -0.2) is 9.37 Å². The molecule has 4 heterocycles. The molecular formula is C21H24FN9O. The summed E-state index contributed by atoms with van der Waals surface area (Å²) in [7, 11) is 0. The fourth-order valence-electron chi connectivity index (χ4n) is 4.51. The van der Waals surface area contributed by atoms with Gasteiger partial charge in [0.25, 0.3) is 0 Å². The molecule has 11 heteroatoms. The number of halogens is 1. The van der Waals surface area contributed by atoms with Crippen LogP contribution in [0.4, 0.5) is 10.3 Å². The van der Waals surface area contributed by atoms with E-state index in [0.29, 0.717) is 11.2 Å². The van der Waals surface area contributed by atoms with Gasteiger partial charge in [-0.1, -0.05) is 6.07 Å². The Hall–Kier alpha value is -3.21. The minimum Gasteiger partial charge on any atom is -0.507 e. The van der Waals surface area contributed by atoms with Crippen LogP contribution in [0.15, 0.2) is 24.4 Å². The zero-order valence-corrected chi connectivity index (χ0v) is 16.6. The van der Waals surface area contributed by atoms with E-state index >= 15 is 4.39 Å². The third kappa shape index (κ3) is 3.36. The molecule has 0 amide bonds. The van der Waals surface area contributed by atoms with Crippen molar-refractivity contribution in [3.05, 3.63) is 24.4 Å². The molecule has 2 N–H and O–H groups in total. The summed E-state index contributed by atoms with van der Waals surface area (Å²) in [5.74, 6) is -0.604. The van der Waals surface area contributed by atoms with Crippen LogP contribution in [0, 0.1) is 0 Å². The summed E-state index contributed by atoms with van der Waals surface area (Å²) in [6.45, 7) is -2.61. The number of fused-ring (bicyclic) bond motifs is 2. The van der Waals surface area contributed by atoms with Gasteiger partial charge >= 0.3 is 0 Å². The summed E-state index contributed by atoms with van der Waals surface area (Å²) in [5, 5.41) is 32.9. The van der Waals surface area contributed by atoms with Gasteiger partial charge in [0.05, 0.1) is 20.6 Å². The molecule has 3 fully saturated rings. The number of tetrazole rings is 1. The fourth-order valence-corrected chi connectivity index (χ4v) is 4.51. The second-order valence-corrected chi connectivity index (χ2v) is 8.04. The third-order valence-corrected chi connectivity index (χ3v) is 6.07. The Bertz CT molecular complexity index is 1440. The van der Waals surface area contributed by atoms with Crippen molar-refractivity contribution in [2.75, 3.05) is 4.90 Å². The second-order valence-electron chi connectivity index (χ2n) is 8.04. The molecular weight excluding hydrogens is 413 g/mol. The highest BCUT2D eigenvalue weighted by atomic mass is 19.1. The highest BCUT2D eigenvalue weighted by Crippen LogP contribution is 2.39. The van der Waals surface area contributed by atoms with Crippen molar-refractivity contribution >= 4 is 5.95 Å². The van der Waals surface area contributed by atoms with Crippen LogP contribution in [0.3, 0.4) is 0 Å². The van der Waals surface area contributed by atoms with E-state index in [0.717, 1.165) is 11.3 Å². The number of hydrogen-bond acceptors (Lipinski definition) is 9. The minimum atomic E-state index is -2.62. The molecule has 166 valence electrons. The first-order chi connectivity index (χ1) is 18.7. The standard InChI is InChI=1S/C21H24FN9O/c1-30-28-20(26-29-30)11-2-6-14(18(32)8-11)16-10-23-21(27-25-16)31(13-4-5-13)17-9-12-3-7-15(24-12)19(17)22/h2,6,8,10,12-13,15,17,19,24,32H,3-5,7,9H2,1H3/t12-,15-,17+,19-/m0/s1/i1D3,4D2,5D2,13D. The van der Waals surface area contributed by atoms with Crippen molar-refractivity contribution in [2.24, 2.45) is 6.98 Å². The number of rotatable bonds is 5. The number of aryl methyl sites for hydroxylation is 1. The summed E-state index contributed by atoms with van der Waals surface area (Å²) in [6, 6.07) is 0.171. The van der Waals surface area contributed by atoms with Crippen molar-refractivity contribution in [1.82, 2.24) is 40.7 Å². The number of alkyl halides is 1. The first-order valence-corrected chi connectivity index (χ1v) is 10.2. The zero-order chi connectivity index (χ0) is 28.8. The summed E-state index contributed by atoms with van der Waals surface area (Å²) in [4.78, 5) is 5.71. The molecule has 6 rings (SSSR count). The van der Waals surface area contributed by atoms with E-state index in [4.69, 9.17) is 11.0 Å². The van der Waals surface area contributed by atoms with Gasteiger partial charge in [-0.05, 0) is 49.4 Å². The van der Waals surface area contributed by atoms with Gasteiger partial charge in [0.15, 0.2) is 0 Å². The molecule has 2 saturated heterocycles. The summed E-state index contributed by atoms with van der Waals surface area (Å²) in [5.41, 5.74) is 0.560. The molecule has 10 nitrogen and oxygen atoms in total. The van der Waals surface area contributed by atoms with Crippen molar-refractivity contribution < 1.29 is 20.5 Å². The molecule has 3 aliphatic rings. The van der Waals surface area contributed by atoms with E-state index in [1.54, 1.807) is 0 Å². The Kier molecular flexibility index (Phi) is 2.96. The lowest BCUT2D eigenvalue weighted by molar-refractivity contribution is 0.171. The predicted octanol–water partition coefficient (Wildman–Crippen LogP) is 1.63. The highest BCUT2D eigenvalue weighted by molar-refractivity contribution is 5.71. The van der Waals surface area contributed by atoms with Crippen LogP contribution in [0.1, 0.15) is 43.0 Å². The average Bonchev–Trinajstić information content (AvgIpc) is 3.43. The molecule has 0 unspecified atom stereocenters. The predicted molar refractivity (Wildman–Crippen MR) is 113 cm³/mol. The lowest BCUT2D eigenvalue weighted by atomic mass is 9.96. The topological polar surface area (TPSA) is 118 Å². The number of nitrogens with one attached hydrogen (secondary N) is 1. The van der Waals surface area contributed by atoms with Crippen molar-refractivity contribution in [3.8, 4) is 28.4 Å². The molecule has 3 aromatic rings. The number of aromatic hydroxyl groups is 1. The SMILES string of the molecule is [2H]C([2H])([2H])n1nnc(-c2ccc(-c3cnc(N([C@@H]4C[C@@H]5CC[C@H](N5)[C@@H]4F)C4([2H])C([2H])([2H])C4([2H])[2H])nn3)c(O)c2)n1. The number of hydrogen-bond donors (Lipinski definition) is 2. The van der Waals surface area contributed by atoms with Gasteiger partial charge in [-0.15, -0.1) is 20.4 Å². The van der Waals surface area contributed by atoms with E-state index in [1.165, 1.54) is 24.4 Å². The summed E-state index contributed by atoms with van der Waals surface area (Å²) < 4.78 is 79.2. The number of phenolic OH excluding ortho intramolecular Hbond substituents is 1. The van der Waals surface area contributed by atoms with Gasteiger partial charge in [0.1, 0.15) is 17.6 Å². The van der Waals surface area contributed by atoms with Crippen molar-refractivity contribution in [2.45, 2.75) is 62.3 Å². The maximum atomic E-state index is 15.6. The van der Waals surface area contributed by atoms with Gasteiger partial charge in [-0.2, -0.15) is 4.80 Å². The number of phenols is 1. The summed E-state index contributed by atoms with van der Waals surface area (Å²) in [6.07, 6.45) is -4.01. The molecule has 32 heavy (non-hydrogen) atoms. The van der Waals surface area contributed by atoms with Gasteiger partial charge in [0, 0.05) is 38.8 Å². The van der Waals surface area contributed by atoms with Crippen LogP contribution in [0.25, 0.3) is 22.6 Å². The zero-order valence-electron chi connectivity index (χ0n) is 24.6. The van der Waals surface area contributed by atoms with E-state index in [2.05, 4.69) is 35.9 Å². The van der Waals surface area contributed by atoms with Crippen LogP contribution in [-0.2, 0) is 6.98 Å². The van der Waals surface area contributed by atoms with Crippen LogP contribution < -0.4 is 10.2 Å². The molecule has 2 aliphatic heterocycles. The van der Waals surface area contributed by atoms with Crippen LogP contribution in [0.2, 0.25) is 0 Å². The molecule has 2 aromatic heterocycles. The number of aromatic nitrogens is 7. The third-order valence-electron chi connectivity index (χ3n) is 6.07. The van der Waals surface area contributed by atoms with E-state index in [9.17, 15) is 5.11 Å². The number of piperidine rings is 1. The van der Waals surface area contributed by atoms with Gasteiger partial charge < -0.3 is 15.3 Å². The van der Waals surface area contributed by atoms with Gasteiger partial charge in [-0.3, -0.25) is 0 Å². The van der Waals surface area contributed by atoms with Crippen molar-refractivity contribution in [1.29, 1.82) is 0 Å². The Morgan fingerprint density at radius 2 is 2.22 bits per heavy atom. The average molecular weight is 446 g/mol. The lowest BCUT2D eigenvalue weighted by Crippen LogP contribution is -2.57. The number of benzene rings is 1. The Morgan fingerprint density at radius 1 is 1.31 bits per heavy atom. The number of anilines is 1. The fraction of sp³-hybridized carbons (Fsp3) is 0.524. The van der Waals surface area contributed by atoms with Crippen LogP contribution >= 0.6 is 0 Å². The maximum absolute atomic E-state index is 15.6. The molecule has 1 aromatic carbocycles. The Balaban J connectivity index is 1.32. The molecule has 1 aliphatic carbocycles. The molecule has 1 saturated carbocycles. The minimum absolute atomic E-state index is 0.0291. The quantitative estimate of drug-likeness (QED) is 0.604. The first kappa shape index (κ1) is 12.7. The van der Waals surface area contributed by atoms with E-state index in [-0.39, 0.29) is 46.8 Å². The van der Waals surface area contributed by atoms with Crippen molar-refractivity contribution in [3.63, 3.8) is 0 Å². The summed E-state index contributed by atoms with van der Waals surface area (Å²) >= 11 is 0. The first-order valence-electron chi connectivity index (χ1n) is 14.2. The molecule has 0 spiro atoms. The van der Waals surface area contributed by atoms with E-state index < -0.39 is 44.0 Å². The monoisotopic (exact) mass is 445 g/mol.